The van der Waals surface area contributed by atoms with Crippen molar-refractivity contribution in [3.63, 3.8) is 0 Å². The summed E-state index contributed by atoms with van der Waals surface area (Å²) in [5.41, 5.74) is 1.79. The smallest absolute Gasteiger partial charge is 0.310 e. The van der Waals surface area contributed by atoms with Gasteiger partial charge in [-0.15, -0.1) is 0 Å². The second-order valence-electron chi connectivity index (χ2n) is 7.16. The summed E-state index contributed by atoms with van der Waals surface area (Å²) in [6, 6.07) is 27.8. The molecule has 150 valence electrons. The lowest BCUT2D eigenvalue weighted by Gasteiger charge is -2.08. The Kier molecular flexibility index (Phi) is 6.04. The van der Waals surface area contributed by atoms with Gasteiger partial charge in [0.05, 0.1) is 12.8 Å². The third kappa shape index (κ3) is 5.03. The molecule has 0 spiro atoms. The van der Waals surface area contributed by atoms with E-state index in [1.807, 2.05) is 84.9 Å². The first-order valence-electron chi connectivity index (χ1n) is 9.94. The van der Waals surface area contributed by atoms with Crippen LogP contribution in [0, 0.1) is 0 Å². The maximum atomic E-state index is 12.0. The van der Waals surface area contributed by atoms with Crippen LogP contribution in [-0.4, -0.2) is 25.2 Å². The summed E-state index contributed by atoms with van der Waals surface area (Å²) in [5.74, 6) is -0.674. The standard InChI is InChI=1S/C26H22O4/c27-25(17-19-9-11-21-5-1-3-7-23(21)15-19)29-13-14-30-26(28)18-20-10-12-22-6-2-4-8-24(22)16-20/h1-12,15-16H,13-14,17-18H2. The van der Waals surface area contributed by atoms with Gasteiger partial charge in [0.1, 0.15) is 13.2 Å². The molecule has 0 aliphatic heterocycles. The van der Waals surface area contributed by atoms with Gasteiger partial charge in [-0.1, -0.05) is 84.9 Å². The Bertz CT molecular complexity index is 1100. The van der Waals surface area contributed by atoms with Crippen LogP contribution in [0.3, 0.4) is 0 Å². The van der Waals surface area contributed by atoms with Gasteiger partial charge in [-0.2, -0.15) is 0 Å². The van der Waals surface area contributed by atoms with E-state index in [0.29, 0.717) is 0 Å². The number of hydrogen-bond acceptors (Lipinski definition) is 4. The quantitative estimate of drug-likeness (QED) is 0.329. The second kappa shape index (κ2) is 9.23. The van der Waals surface area contributed by atoms with Gasteiger partial charge >= 0.3 is 11.9 Å². The number of esters is 2. The summed E-state index contributed by atoms with van der Waals surface area (Å²) in [4.78, 5) is 24.1. The fourth-order valence-corrected chi connectivity index (χ4v) is 3.44. The molecule has 4 nitrogen and oxygen atoms in total. The Labute approximate surface area is 175 Å². The monoisotopic (exact) mass is 398 g/mol. The molecule has 0 unspecified atom stereocenters. The fraction of sp³-hybridized carbons (Fsp3) is 0.154. The van der Waals surface area contributed by atoms with Gasteiger partial charge in [-0.25, -0.2) is 0 Å². The predicted octanol–water partition coefficient (Wildman–Crippen LogP) is 4.86. The minimum Gasteiger partial charge on any atom is -0.462 e. The van der Waals surface area contributed by atoms with Gasteiger partial charge < -0.3 is 9.47 Å². The van der Waals surface area contributed by atoms with Gasteiger partial charge in [-0.3, -0.25) is 9.59 Å². The topological polar surface area (TPSA) is 52.6 Å². The van der Waals surface area contributed by atoms with Crippen LogP contribution < -0.4 is 0 Å². The highest BCUT2D eigenvalue weighted by Gasteiger charge is 2.08. The van der Waals surface area contributed by atoms with Gasteiger partial charge in [0, 0.05) is 0 Å². The molecule has 30 heavy (non-hydrogen) atoms. The lowest BCUT2D eigenvalue weighted by Crippen LogP contribution is -2.16. The highest BCUT2D eigenvalue weighted by Crippen LogP contribution is 2.17. The van der Waals surface area contributed by atoms with E-state index < -0.39 is 0 Å². The number of benzene rings is 4. The molecule has 0 saturated heterocycles. The number of carbonyl (C=O) groups excluding carboxylic acids is 2. The van der Waals surface area contributed by atoms with Crippen LogP contribution in [0.2, 0.25) is 0 Å². The van der Waals surface area contributed by atoms with Gasteiger partial charge in [0.25, 0.3) is 0 Å². The van der Waals surface area contributed by atoms with Crippen molar-refractivity contribution < 1.29 is 19.1 Å². The summed E-state index contributed by atoms with van der Waals surface area (Å²) >= 11 is 0. The average molecular weight is 398 g/mol. The Morgan fingerprint density at radius 3 is 1.37 bits per heavy atom. The Morgan fingerprint density at radius 2 is 0.933 bits per heavy atom. The van der Waals surface area contributed by atoms with Crippen molar-refractivity contribution in [2.24, 2.45) is 0 Å². The van der Waals surface area contributed by atoms with E-state index in [2.05, 4.69) is 0 Å². The molecule has 0 radical (unpaired) electrons. The van der Waals surface area contributed by atoms with Gasteiger partial charge in [-0.05, 0) is 32.7 Å². The SMILES string of the molecule is O=C(Cc1ccc2ccccc2c1)OCCOC(=O)Cc1ccc2ccccc2c1. The molecule has 0 fully saturated rings. The Balaban J connectivity index is 1.20. The molecule has 4 rings (SSSR count). The highest BCUT2D eigenvalue weighted by molar-refractivity contribution is 5.85. The predicted molar refractivity (Wildman–Crippen MR) is 117 cm³/mol. The normalized spacial score (nSPS) is 10.8. The van der Waals surface area contributed by atoms with E-state index in [-0.39, 0.29) is 38.0 Å². The Hall–Kier alpha value is -3.66. The molecule has 0 heterocycles. The van der Waals surface area contributed by atoms with Crippen molar-refractivity contribution in [3.8, 4) is 0 Å². The van der Waals surface area contributed by atoms with E-state index in [9.17, 15) is 9.59 Å². The molecule has 0 saturated carbocycles. The van der Waals surface area contributed by atoms with Gasteiger partial charge in [0.15, 0.2) is 0 Å². The molecule has 0 atom stereocenters. The largest absolute Gasteiger partial charge is 0.462 e. The van der Waals surface area contributed by atoms with Crippen LogP contribution in [-0.2, 0) is 31.9 Å². The van der Waals surface area contributed by atoms with E-state index in [0.717, 1.165) is 32.7 Å². The van der Waals surface area contributed by atoms with E-state index in [1.54, 1.807) is 0 Å². The van der Waals surface area contributed by atoms with E-state index in [4.69, 9.17) is 9.47 Å². The lowest BCUT2D eigenvalue weighted by molar-refractivity contribution is -0.151. The molecule has 0 amide bonds. The highest BCUT2D eigenvalue weighted by atomic mass is 16.6. The fourth-order valence-electron chi connectivity index (χ4n) is 3.44. The van der Waals surface area contributed by atoms with Crippen molar-refractivity contribution in [1.82, 2.24) is 0 Å². The minimum absolute atomic E-state index is 0.0515. The van der Waals surface area contributed by atoms with Crippen molar-refractivity contribution in [1.29, 1.82) is 0 Å². The van der Waals surface area contributed by atoms with E-state index in [1.165, 1.54) is 0 Å². The summed E-state index contributed by atoms with van der Waals surface area (Å²) < 4.78 is 10.4. The molecule has 0 bridgehead atoms. The first kappa shape index (κ1) is 19.6. The zero-order valence-electron chi connectivity index (χ0n) is 16.5. The number of hydrogen-bond donors (Lipinski definition) is 0. The van der Waals surface area contributed by atoms with Crippen molar-refractivity contribution in [3.05, 3.63) is 96.1 Å². The Morgan fingerprint density at radius 1 is 0.533 bits per heavy atom. The molecule has 4 heteroatoms. The number of fused-ring (bicyclic) bond motifs is 2. The average Bonchev–Trinajstić information content (AvgIpc) is 2.76. The molecule has 0 aromatic heterocycles. The molecular weight excluding hydrogens is 376 g/mol. The molecule has 0 aliphatic rings. The van der Waals surface area contributed by atoms with Crippen molar-refractivity contribution in [2.75, 3.05) is 13.2 Å². The van der Waals surface area contributed by atoms with Crippen molar-refractivity contribution in [2.45, 2.75) is 12.8 Å². The molecular formula is C26H22O4. The maximum absolute atomic E-state index is 12.0. The number of rotatable bonds is 7. The first-order chi connectivity index (χ1) is 14.7. The number of carbonyl (C=O) groups is 2. The summed E-state index contributed by atoms with van der Waals surface area (Å²) in [5, 5.41) is 4.44. The third-order valence-corrected chi connectivity index (χ3v) is 4.93. The zero-order chi connectivity index (χ0) is 20.8. The molecule has 4 aromatic rings. The van der Waals surface area contributed by atoms with Crippen LogP contribution >= 0.6 is 0 Å². The van der Waals surface area contributed by atoms with Crippen LogP contribution in [0.15, 0.2) is 84.9 Å². The first-order valence-corrected chi connectivity index (χ1v) is 9.94. The lowest BCUT2D eigenvalue weighted by atomic mass is 10.1. The third-order valence-electron chi connectivity index (χ3n) is 4.93. The van der Waals surface area contributed by atoms with Crippen molar-refractivity contribution >= 4 is 33.5 Å². The second-order valence-corrected chi connectivity index (χ2v) is 7.16. The van der Waals surface area contributed by atoms with Crippen LogP contribution in [0.25, 0.3) is 21.5 Å². The molecule has 0 N–H and O–H groups in total. The van der Waals surface area contributed by atoms with Gasteiger partial charge in [0.2, 0.25) is 0 Å². The summed E-state index contributed by atoms with van der Waals surface area (Å²) in [7, 11) is 0. The zero-order valence-corrected chi connectivity index (χ0v) is 16.5. The van der Waals surface area contributed by atoms with Crippen LogP contribution in [0.5, 0.6) is 0 Å². The number of ether oxygens (including phenoxy) is 2. The minimum atomic E-state index is -0.337. The molecule has 0 aliphatic carbocycles. The van der Waals surface area contributed by atoms with Crippen LogP contribution in [0.1, 0.15) is 11.1 Å². The van der Waals surface area contributed by atoms with Crippen LogP contribution in [0.4, 0.5) is 0 Å². The molecule has 4 aromatic carbocycles. The summed E-state index contributed by atoms with van der Waals surface area (Å²) in [6.45, 7) is 0.103. The van der Waals surface area contributed by atoms with E-state index >= 15 is 0 Å². The summed E-state index contributed by atoms with van der Waals surface area (Å²) in [6.07, 6.45) is 0.381. The maximum Gasteiger partial charge on any atom is 0.310 e.